The summed E-state index contributed by atoms with van der Waals surface area (Å²) in [5.74, 6) is 1.08. The largest absolute Gasteiger partial charge is 0.381 e. The van der Waals surface area contributed by atoms with Gasteiger partial charge in [-0.3, -0.25) is 0 Å². The zero-order valence-corrected chi connectivity index (χ0v) is 9.07. The van der Waals surface area contributed by atoms with Crippen molar-refractivity contribution in [2.24, 2.45) is 0 Å². The lowest BCUT2D eigenvalue weighted by Gasteiger charge is -2.06. The van der Waals surface area contributed by atoms with Gasteiger partial charge >= 0.3 is 0 Å². The number of nitrogens with two attached hydrogens (primary N) is 1. The second-order valence-electron chi connectivity index (χ2n) is 3.18. The number of rotatable bonds is 7. The summed E-state index contributed by atoms with van der Waals surface area (Å²) in [6, 6.07) is 0. The van der Waals surface area contributed by atoms with Crippen molar-refractivity contribution in [1.29, 1.82) is 0 Å². The van der Waals surface area contributed by atoms with Gasteiger partial charge in [-0.05, 0) is 12.8 Å². The fourth-order valence-corrected chi connectivity index (χ4v) is 1.11. The highest BCUT2D eigenvalue weighted by Gasteiger charge is 1.98. The van der Waals surface area contributed by atoms with Crippen LogP contribution in [0, 0.1) is 0 Å². The van der Waals surface area contributed by atoms with E-state index in [0.29, 0.717) is 11.6 Å². The van der Waals surface area contributed by atoms with Gasteiger partial charge in [0.2, 0.25) is 0 Å². The molecule has 0 aromatic carbocycles. The molecule has 84 valence electrons. The minimum atomic E-state index is 0.437. The number of anilines is 2. The normalized spacial score (nSPS) is 10.2. The Bertz CT molecular complexity index is 280. The molecule has 0 atom stereocenters. The van der Waals surface area contributed by atoms with Crippen LogP contribution in [0.5, 0.6) is 0 Å². The molecule has 0 aliphatic heterocycles. The number of nitrogen functional groups attached to an aromatic ring is 1. The first-order valence-corrected chi connectivity index (χ1v) is 5.22. The Labute approximate surface area is 90.1 Å². The number of aromatic nitrogens is 2. The average molecular weight is 210 g/mol. The van der Waals surface area contributed by atoms with Crippen molar-refractivity contribution < 1.29 is 4.74 Å². The Kier molecular flexibility index (Phi) is 5.47. The Morgan fingerprint density at radius 2 is 2.13 bits per heavy atom. The van der Waals surface area contributed by atoms with Crippen molar-refractivity contribution in [2.75, 3.05) is 30.8 Å². The minimum absolute atomic E-state index is 0.437. The fraction of sp³-hybridized carbons (Fsp3) is 0.600. The molecule has 0 saturated heterocycles. The summed E-state index contributed by atoms with van der Waals surface area (Å²) in [6.45, 7) is 4.49. The number of hydrogen-bond donors (Lipinski definition) is 2. The second-order valence-corrected chi connectivity index (χ2v) is 3.18. The zero-order chi connectivity index (χ0) is 10.9. The van der Waals surface area contributed by atoms with Crippen LogP contribution in [0.15, 0.2) is 12.4 Å². The average Bonchev–Trinajstić information content (AvgIpc) is 2.25. The first-order valence-electron chi connectivity index (χ1n) is 5.22. The summed E-state index contributed by atoms with van der Waals surface area (Å²) in [5.41, 5.74) is 5.62. The van der Waals surface area contributed by atoms with Crippen molar-refractivity contribution in [3.8, 4) is 0 Å². The summed E-state index contributed by atoms with van der Waals surface area (Å²) in [4.78, 5) is 8.00. The fourth-order valence-electron chi connectivity index (χ4n) is 1.11. The molecule has 0 radical (unpaired) electrons. The molecule has 1 heterocycles. The Morgan fingerprint density at radius 1 is 1.33 bits per heavy atom. The molecule has 1 aromatic rings. The van der Waals surface area contributed by atoms with Gasteiger partial charge in [-0.1, -0.05) is 6.92 Å². The van der Waals surface area contributed by atoms with Gasteiger partial charge < -0.3 is 15.8 Å². The molecule has 0 fully saturated rings. The van der Waals surface area contributed by atoms with Crippen LogP contribution >= 0.6 is 0 Å². The third kappa shape index (κ3) is 4.60. The minimum Gasteiger partial charge on any atom is -0.381 e. The van der Waals surface area contributed by atoms with E-state index in [9.17, 15) is 0 Å². The summed E-state index contributed by atoms with van der Waals surface area (Å²) < 4.78 is 5.34. The monoisotopic (exact) mass is 210 g/mol. The molecule has 3 N–H and O–H groups in total. The number of nitrogens with zero attached hydrogens (tertiary/aromatic N) is 2. The highest BCUT2D eigenvalue weighted by atomic mass is 16.5. The van der Waals surface area contributed by atoms with Gasteiger partial charge in [0.05, 0.1) is 0 Å². The highest BCUT2D eigenvalue weighted by Crippen LogP contribution is 2.08. The Morgan fingerprint density at radius 3 is 2.87 bits per heavy atom. The van der Waals surface area contributed by atoms with Gasteiger partial charge in [0.1, 0.15) is 0 Å². The van der Waals surface area contributed by atoms with Crippen LogP contribution in [0.4, 0.5) is 11.6 Å². The Hall–Kier alpha value is -1.36. The maximum absolute atomic E-state index is 5.62. The molecule has 15 heavy (non-hydrogen) atoms. The summed E-state index contributed by atoms with van der Waals surface area (Å²) in [5, 5.41) is 3.11. The van der Waals surface area contributed by atoms with Crippen LogP contribution in [-0.2, 0) is 4.74 Å². The second kappa shape index (κ2) is 7.00. The molecule has 5 heteroatoms. The molecule has 0 aliphatic rings. The molecular formula is C10H18N4O. The van der Waals surface area contributed by atoms with E-state index in [1.54, 1.807) is 12.4 Å². The van der Waals surface area contributed by atoms with Crippen molar-refractivity contribution in [3.05, 3.63) is 12.4 Å². The third-order valence-corrected chi connectivity index (χ3v) is 1.83. The van der Waals surface area contributed by atoms with Gasteiger partial charge in [0.25, 0.3) is 0 Å². The van der Waals surface area contributed by atoms with E-state index in [0.717, 1.165) is 32.6 Å². The van der Waals surface area contributed by atoms with Crippen LogP contribution in [-0.4, -0.2) is 29.7 Å². The van der Waals surface area contributed by atoms with Crippen molar-refractivity contribution in [2.45, 2.75) is 19.8 Å². The topological polar surface area (TPSA) is 73.1 Å². The molecule has 0 amide bonds. The van der Waals surface area contributed by atoms with Gasteiger partial charge in [-0.25, -0.2) is 9.97 Å². The molecule has 0 saturated carbocycles. The van der Waals surface area contributed by atoms with Crippen LogP contribution in [0.2, 0.25) is 0 Å². The van der Waals surface area contributed by atoms with Gasteiger partial charge in [-0.15, -0.1) is 0 Å². The lowest BCUT2D eigenvalue weighted by Crippen LogP contribution is -2.09. The van der Waals surface area contributed by atoms with Crippen LogP contribution in [0.3, 0.4) is 0 Å². The molecule has 1 rings (SSSR count). The predicted octanol–water partition coefficient (Wildman–Crippen LogP) is 1.29. The van der Waals surface area contributed by atoms with E-state index in [4.69, 9.17) is 10.5 Å². The lowest BCUT2D eigenvalue weighted by molar-refractivity contribution is 0.134. The van der Waals surface area contributed by atoms with E-state index in [1.165, 1.54) is 0 Å². The van der Waals surface area contributed by atoms with E-state index >= 15 is 0 Å². The van der Waals surface area contributed by atoms with E-state index < -0.39 is 0 Å². The van der Waals surface area contributed by atoms with Crippen LogP contribution < -0.4 is 11.1 Å². The molecule has 1 aromatic heterocycles. The zero-order valence-electron chi connectivity index (χ0n) is 9.07. The maximum atomic E-state index is 5.62. The number of hydrogen-bond acceptors (Lipinski definition) is 5. The Balaban J connectivity index is 2.12. The van der Waals surface area contributed by atoms with Crippen molar-refractivity contribution in [1.82, 2.24) is 9.97 Å². The standard InChI is InChI=1S/C10H18N4O/c1-2-7-15-8-3-4-13-10-9(11)12-5-6-14-10/h5-6H,2-4,7-8H2,1H3,(H2,11,12)(H,13,14). The lowest BCUT2D eigenvalue weighted by atomic mass is 10.4. The first kappa shape index (κ1) is 11.7. The van der Waals surface area contributed by atoms with Gasteiger partial charge in [0, 0.05) is 32.2 Å². The summed E-state index contributed by atoms with van der Waals surface area (Å²) in [7, 11) is 0. The third-order valence-electron chi connectivity index (χ3n) is 1.83. The number of nitrogens with one attached hydrogen (secondary N) is 1. The molecule has 5 nitrogen and oxygen atoms in total. The van der Waals surface area contributed by atoms with E-state index in [-0.39, 0.29) is 0 Å². The smallest absolute Gasteiger partial charge is 0.168 e. The maximum Gasteiger partial charge on any atom is 0.168 e. The highest BCUT2D eigenvalue weighted by molar-refractivity contribution is 5.54. The summed E-state index contributed by atoms with van der Waals surface area (Å²) >= 11 is 0. The van der Waals surface area contributed by atoms with Gasteiger partial charge in [0.15, 0.2) is 11.6 Å². The number of ether oxygens (including phenoxy) is 1. The SMILES string of the molecule is CCCOCCCNc1nccnc1N. The molecule has 0 unspecified atom stereocenters. The van der Waals surface area contributed by atoms with Crippen LogP contribution in [0.25, 0.3) is 0 Å². The summed E-state index contributed by atoms with van der Waals surface area (Å²) in [6.07, 6.45) is 5.19. The van der Waals surface area contributed by atoms with Gasteiger partial charge in [-0.2, -0.15) is 0 Å². The van der Waals surface area contributed by atoms with E-state index in [2.05, 4.69) is 22.2 Å². The van der Waals surface area contributed by atoms with Crippen LogP contribution in [0.1, 0.15) is 19.8 Å². The predicted molar refractivity (Wildman–Crippen MR) is 60.7 cm³/mol. The van der Waals surface area contributed by atoms with Crippen molar-refractivity contribution in [3.63, 3.8) is 0 Å². The molecule has 0 spiro atoms. The quantitative estimate of drug-likeness (QED) is 0.663. The molecule has 0 aliphatic carbocycles. The molecule has 0 bridgehead atoms. The first-order chi connectivity index (χ1) is 7.34. The molecular weight excluding hydrogens is 192 g/mol. The van der Waals surface area contributed by atoms with E-state index in [1.807, 2.05) is 0 Å². The van der Waals surface area contributed by atoms with Crippen molar-refractivity contribution >= 4 is 11.6 Å².